The number of para-hydroxylation sites is 1. The van der Waals surface area contributed by atoms with Gasteiger partial charge in [-0.25, -0.2) is 9.97 Å². The van der Waals surface area contributed by atoms with Gasteiger partial charge in [0.1, 0.15) is 10.9 Å². The molecule has 0 bridgehead atoms. The molecule has 4 aromatic rings. The second kappa shape index (κ2) is 8.21. The number of hydrogen-bond acceptors (Lipinski definition) is 4. The highest BCUT2D eigenvalue weighted by Crippen LogP contribution is 2.27. The maximum absolute atomic E-state index is 13.0. The van der Waals surface area contributed by atoms with Crippen molar-refractivity contribution >= 4 is 28.4 Å². The molecule has 0 saturated carbocycles. The fourth-order valence-corrected chi connectivity index (χ4v) is 4.52. The van der Waals surface area contributed by atoms with Gasteiger partial charge in [-0.3, -0.25) is 4.79 Å². The number of fused-ring (bicyclic) bond motifs is 1. The van der Waals surface area contributed by atoms with E-state index in [0.29, 0.717) is 5.75 Å². The molecule has 146 valence electrons. The van der Waals surface area contributed by atoms with Gasteiger partial charge in [0, 0.05) is 28.9 Å². The van der Waals surface area contributed by atoms with Crippen LogP contribution in [0, 0.1) is 20.8 Å². The Kier molecular flexibility index (Phi) is 5.49. The number of aryl methyl sites for hydroxylation is 2. The maximum Gasteiger partial charge on any atom is 0.174 e. The molecule has 29 heavy (non-hydrogen) atoms. The Hall–Kier alpha value is -2.92. The summed E-state index contributed by atoms with van der Waals surface area (Å²) in [6, 6.07) is 20.3. The lowest BCUT2D eigenvalue weighted by molar-refractivity contribution is 0.102. The van der Waals surface area contributed by atoms with Crippen molar-refractivity contribution in [3.63, 3.8) is 0 Å². The molecule has 0 aliphatic rings. The summed E-state index contributed by atoms with van der Waals surface area (Å²) in [7, 11) is 0. The average molecular weight is 402 g/mol. The minimum absolute atomic E-state index is 0.128. The summed E-state index contributed by atoms with van der Waals surface area (Å²) >= 11 is 1.48. The first-order chi connectivity index (χ1) is 14.0. The summed E-state index contributed by atoms with van der Waals surface area (Å²) in [6.45, 7) is 6.74. The van der Waals surface area contributed by atoms with Crippen LogP contribution < -0.4 is 0 Å². The first-order valence-corrected chi connectivity index (χ1v) is 10.6. The molecule has 0 spiro atoms. The van der Waals surface area contributed by atoms with Crippen LogP contribution in [0.2, 0.25) is 0 Å². The zero-order valence-electron chi connectivity index (χ0n) is 16.8. The van der Waals surface area contributed by atoms with Gasteiger partial charge in [0.05, 0.1) is 11.3 Å². The third-order valence-electron chi connectivity index (χ3n) is 5.08. The van der Waals surface area contributed by atoms with Gasteiger partial charge in [-0.2, -0.15) is 0 Å². The number of carbonyl (C=O) groups is 1. The second-order valence-electron chi connectivity index (χ2n) is 7.16. The molecule has 4 rings (SSSR count). The minimum atomic E-state index is 0.128. The highest BCUT2D eigenvalue weighted by Gasteiger charge is 2.17. The average Bonchev–Trinajstić information content (AvgIpc) is 3.01. The van der Waals surface area contributed by atoms with Crippen LogP contribution in [-0.2, 0) is 6.54 Å². The van der Waals surface area contributed by atoms with Gasteiger partial charge in [0.15, 0.2) is 5.78 Å². The van der Waals surface area contributed by atoms with E-state index in [0.717, 1.165) is 45.2 Å². The quantitative estimate of drug-likeness (QED) is 0.247. The molecule has 2 aromatic heterocycles. The molecular formula is C24H23N3OS. The topological polar surface area (TPSA) is 47.8 Å². The number of thioether (sulfide) groups is 1. The van der Waals surface area contributed by atoms with E-state index in [4.69, 9.17) is 0 Å². The maximum atomic E-state index is 13.0. The summed E-state index contributed by atoms with van der Waals surface area (Å²) in [6.07, 6.45) is 0. The molecular weight excluding hydrogens is 378 g/mol. The van der Waals surface area contributed by atoms with Gasteiger partial charge in [0.25, 0.3) is 0 Å². The van der Waals surface area contributed by atoms with Gasteiger partial charge in [-0.15, -0.1) is 0 Å². The van der Waals surface area contributed by atoms with Crippen LogP contribution in [-0.4, -0.2) is 26.1 Å². The van der Waals surface area contributed by atoms with Crippen molar-refractivity contribution in [2.45, 2.75) is 32.3 Å². The molecule has 5 heteroatoms. The van der Waals surface area contributed by atoms with Crippen molar-refractivity contribution in [1.82, 2.24) is 14.5 Å². The van der Waals surface area contributed by atoms with Crippen molar-refractivity contribution in [3.8, 4) is 0 Å². The van der Waals surface area contributed by atoms with E-state index in [-0.39, 0.29) is 5.78 Å². The molecule has 0 radical (unpaired) electrons. The van der Waals surface area contributed by atoms with Crippen LogP contribution in [0.1, 0.15) is 33.1 Å². The summed E-state index contributed by atoms with van der Waals surface area (Å²) in [4.78, 5) is 22.0. The number of Topliss-reactive ketones (excluding diaryl/α,β-unsaturated/α-hetero) is 1. The molecule has 0 saturated heterocycles. The van der Waals surface area contributed by atoms with Gasteiger partial charge in [-0.1, -0.05) is 60.3 Å². The zero-order valence-corrected chi connectivity index (χ0v) is 17.7. The standard InChI is InChI=1S/C24H23N3OS/c1-16-13-21(17(2)27(16)14-19-9-5-4-6-10-19)23(28)15-29-24-20-11-7-8-12-22(20)25-18(3)26-24/h4-13H,14-15H2,1-3H3. The Labute approximate surface area is 175 Å². The fraction of sp³-hybridized carbons (Fsp3) is 0.208. The van der Waals surface area contributed by atoms with Crippen LogP contribution in [0.15, 0.2) is 65.7 Å². The Morgan fingerprint density at radius 3 is 2.48 bits per heavy atom. The van der Waals surface area contributed by atoms with E-state index in [1.165, 1.54) is 17.3 Å². The van der Waals surface area contributed by atoms with Crippen molar-refractivity contribution in [2.75, 3.05) is 5.75 Å². The molecule has 0 aliphatic carbocycles. The lowest BCUT2D eigenvalue weighted by Gasteiger charge is -2.10. The van der Waals surface area contributed by atoms with Crippen LogP contribution in [0.25, 0.3) is 10.9 Å². The van der Waals surface area contributed by atoms with E-state index in [1.807, 2.05) is 62.4 Å². The number of benzene rings is 2. The number of ketones is 1. The predicted molar refractivity (Wildman–Crippen MR) is 119 cm³/mol. The van der Waals surface area contributed by atoms with Gasteiger partial charge < -0.3 is 4.57 Å². The molecule has 0 aliphatic heterocycles. The summed E-state index contributed by atoms with van der Waals surface area (Å²) in [5.41, 5.74) is 5.05. The van der Waals surface area contributed by atoms with Crippen molar-refractivity contribution in [1.29, 1.82) is 0 Å². The molecule has 0 fully saturated rings. The van der Waals surface area contributed by atoms with Crippen molar-refractivity contribution in [2.24, 2.45) is 0 Å². The van der Waals surface area contributed by atoms with Crippen molar-refractivity contribution in [3.05, 3.63) is 89.0 Å². The molecule has 2 heterocycles. The molecule has 2 aromatic carbocycles. The SMILES string of the molecule is Cc1nc(SCC(=O)c2cc(C)n(Cc3ccccc3)c2C)c2ccccc2n1. The first kappa shape index (κ1) is 19.4. The first-order valence-electron chi connectivity index (χ1n) is 9.63. The summed E-state index contributed by atoms with van der Waals surface area (Å²) in [5, 5.41) is 1.85. The van der Waals surface area contributed by atoms with Crippen LogP contribution in [0.3, 0.4) is 0 Å². The van der Waals surface area contributed by atoms with E-state index < -0.39 is 0 Å². The molecule has 0 amide bonds. The van der Waals surface area contributed by atoms with Crippen LogP contribution in [0.4, 0.5) is 0 Å². The molecule has 0 atom stereocenters. The number of hydrogen-bond donors (Lipinski definition) is 0. The third kappa shape index (κ3) is 4.10. The predicted octanol–water partition coefficient (Wildman–Crippen LogP) is 5.38. The normalized spacial score (nSPS) is 11.1. The molecule has 0 unspecified atom stereocenters. The zero-order chi connectivity index (χ0) is 20.4. The van der Waals surface area contributed by atoms with Crippen LogP contribution >= 0.6 is 11.8 Å². The smallest absolute Gasteiger partial charge is 0.174 e. The molecule has 4 nitrogen and oxygen atoms in total. The molecule has 0 N–H and O–H groups in total. The Balaban J connectivity index is 1.55. The van der Waals surface area contributed by atoms with Gasteiger partial charge in [-0.05, 0) is 38.5 Å². The highest BCUT2D eigenvalue weighted by atomic mass is 32.2. The number of rotatable bonds is 6. The Bertz CT molecular complexity index is 1180. The van der Waals surface area contributed by atoms with E-state index in [9.17, 15) is 4.79 Å². The summed E-state index contributed by atoms with van der Waals surface area (Å²) in [5.74, 6) is 1.21. The van der Waals surface area contributed by atoms with E-state index in [2.05, 4.69) is 33.6 Å². The minimum Gasteiger partial charge on any atom is -0.344 e. The van der Waals surface area contributed by atoms with E-state index in [1.54, 1.807) is 0 Å². The highest BCUT2D eigenvalue weighted by molar-refractivity contribution is 8.00. The number of aromatic nitrogens is 3. The monoisotopic (exact) mass is 401 g/mol. The lowest BCUT2D eigenvalue weighted by Crippen LogP contribution is -2.08. The largest absolute Gasteiger partial charge is 0.344 e. The van der Waals surface area contributed by atoms with E-state index >= 15 is 0 Å². The number of nitrogens with zero attached hydrogens (tertiary/aromatic N) is 3. The Morgan fingerprint density at radius 2 is 1.69 bits per heavy atom. The second-order valence-corrected chi connectivity index (χ2v) is 8.13. The van der Waals surface area contributed by atoms with Gasteiger partial charge in [0.2, 0.25) is 0 Å². The third-order valence-corrected chi connectivity index (χ3v) is 6.07. The number of carbonyl (C=O) groups excluding carboxylic acids is 1. The van der Waals surface area contributed by atoms with Crippen molar-refractivity contribution < 1.29 is 4.79 Å². The summed E-state index contributed by atoms with van der Waals surface area (Å²) < 4.78 is 2.21. The lowest BCUT2D eigenvalue weighted by atomic mass is 10.2. The fourth-order valence-electron chi connectivity index (χ4n) is 3.57. The van der Waals surface area contributed by atoms with Crippen LogP contribution in [0.5, 0.6) is 0 Å². The Morgan fingerprint density at radius 1 is 0.966 bits per heavy atom. The van der Waals surface area contributed by atoms with Gasteiger partial charge >= 0.3 is 0 Å².